The van der Waals surface area contributed by atoms with E-state index >= 15 is 0 Å². The highest BCUT2D eigenvalue weighted by molar-refractivity contribution is 9.10. The number of halogens is 1. The van der Waals surface area contributed by atoms with E-state index in [0.717, 1.165) is 27.8 Å². The van der Waals surface area contributed by atoms with Crippen molar-refractivity contribution in [2.24, 2.45) is 0 Å². The first-order chi connectivity index (χ1) is 20.4. The summed E-state index contributed by atoms with van der Waals surface area (Å²) in [7, 11) is 1.55. The molecule has 11 heteroatoms. The Labute approximate surface area is 256 Å². The average molecular weight is 650 g/mol. The molecule has 0 aliphatic rings. The van der Waals surface area contributed by atoms with Gasteiger partial charge >= 0.3 is 0 Å². The minimum Gasteiger partial charge on any atom is -0.494 e. The normalized spacial score (nSPS) is 11.8. The van der Waals surface area contributed by atoms with Gasteiger partial charge in [-0.05, 0) is 88.1 Å². The Bertz CT molecular complexity index is 1700. The summed E-state index contributed by atoms with van der Waals surface area (Å²) >= 11 is 4.90. The number of benzene rings is 4. The van der Waals surface area contributed by atoms with Crippen molar-refractivity contribution in [3.8, 4) is 22.9 Å². The molecular formula is C31H29BrN4O5S. The van der Waals surface area contributed by atoms with Gasteiger partial charge in [-0.1, -0.05) is 54.2 Å². The molecule has 216 valence electrons. The Hall–Kier alpha value is -4.09. The van der Waals surface area contributed by atoms with Crippen LogP contribution in [0.25, 0.3) is 16.5 Å². The van der Waals surface area contributed by atoms with Crippen molar-refractivity contribution < 1.29 is 19.1 Å². The molecule has 1 atom stereocenters. The number of rotatable bonds is 12. The van der Waals surface area contributed by atoms with Crippen LogP contribution >= 0.6 is 27.7 Å². The zero-order valence-electron chi connectivity index (χ0n) is 23.3. The van der Waals surface area contributed by atoms with Gasteiger partial charge in [0, 0.05) is 10.6 Å². The molecule has 1 heterocycles. The van der Waals surface area contributed by atoms with Crippen LogP contribution in [0.4, 0.5) is 0 Å². The van der Waals surface area contributed by atoms with Gasteiger partial charge in [0.05, 0.1) is 18.2 Å². The minimum absolute atomic E-state index is 0.326. The Kier molecular flexibility index (Phi) is 9.28. The van der Waals surface area contributed by atoms with Crippen molar-refractivity contribution in [3.63, 3.8) is 0 Å². The molecular weight excluding hydrogens is 620 g/mol. The van der Waals surface area contributed by atoms with Crippen LogP contribution in [0, 0.1) is 17.0 Å². The van der Waals surface area contributed by atoms with E-state index in [-0.39, 0.29) is 11.5 Å². The van der Waals surface area contributed by atoms with E-state index < -0.39 is 5.25 Å². The largest absolute Gasteiger partial charge is 0.494 e. The maximum absolute atomic E-state index is 11.8. The second-order valence-corrected chi connectivity index (χ2v) is 11.4. The summed E-state index contributed by atoms with van der Waals surface area (Å²) in [4.78, 5) is 11.4. The first-order valence-electron chi connectivity index (χ1n) is 13.3. The van der Waals surface area contributed by atoms with Gasteiger partial charge in [0.1, 0.15) is 23.4 Å². The van der Waals surface area contributed by atoms with Crippen LogP contribution in [0.5, 0.6) is 17.2 Å². The van der Waals surface area contributed by atoms with E-state index in [4.69, 9.17) is 14.2 Å². The summed E-state index contributed by atoms with van der Waals surface area (Å²) in [5, 5.41) is 22.6. The predicted molar refractivity (Wildman–Crippen MR) is 167 cm³/mol. The first-order valence-corrected chi connectivity index (χ1v) is 15.0. The van der Waals surface area contributed by atoms with Crippen molar-refractivity contribution in [1.82, 2.24) is 14.8 Å². The molecule has 0 radical (unpaired) electrons. The number of ether oxygens (including phenoxy) is 3. The number of nitro groups is 1. The zero-order valence-corrected chi connectivity index (χ0v) is 25.7. The molecule has 0 aliphatic carbocycles. The van der Waals surface area contributed by atoms with Gasteiger partial charge in [0.15, 0.2) is 16.7 Å². The lowest BCUT2D eigenvalue weighted by molar-refractivity contribution is -0.479. The molecule has 0 fully saturated rings. The number of aryl methyl sites for hydroxylation is 1. The van der Waals surface area contributed by atoms with Gasteiger partial charge in [0.2, 0.25) is 6.54 Å². The van der Waals surface area contributed by atoms with Crippen LogP contribution in [0.3, 0.4) is 0 Å². The summed E-state index contributed by atoms with van der Waals surface area (Å²) in [6, 6.07) is 25.4. The molecule has 0 saturated heterocycles. The Balaban J connectivity index is 1.43. The SMILES string of the molecule is CCOc1ccc(-n2c(C)nnc2S[C@H](C[N+](=O)[O-])c2cc(Br)c(OCc3cccc4ccccc34)c(OC)c2)cc1. The van der Waals surface area contributed by atoms with Crippen LogP contribution in [0.1, 0.15) is 29.1 Å². The third kappa shape index (κ3) is 6.52. The fraction of sp³-hybridized carbons (Fsp3) is 0.226. The van der Waals surface area contributed by atoms with Crippen LogP contribution in [0.2, 0.25) is 0 Å². The highest BCUT2D eigenvalue weighted by atomic mass is 79.9. The third-order valence-corrected chi connectivity index (χ3v) is 8.41. The fourth-order valence-electron chi connectivity index (χ4n) is 4.68. The van der Waals surface area contributed by atoms with Crippen LogP contribution in [0.15, 0.2) is 88.5 Å². The smallest absolute Gasteiger partial charge is 0.220 e. The average Bonchev–Trinajstić information content (AvgIpc) is 3.35. The predicted octanol–water partition coefficient (Wildman–Crippen LogP) is 7.59. The van der Waals surface area contributed by atoms with E-state index in [0.29, 0.717) is 45.7 Å². The molecule has 1 aromatic heterocycles. The molecule has 0 bridgehead atoms. The second kappa shape index (κ2) is 13.3. The standard InChI is InChI=1S/C31H29BrN4O5S/c1-4-40-25-14-12-24(13-15-25)36-20(2)33-34-31(36)42-29(18-35(37)38)23-16-27(32)30(28(17-23)39-3)41-19-22-10-7-9-21-8-5-6-11-26(21)22/h5-17,29H,4,18-19H2,1-3H3/t29-/m1/s1. The van der Waals surface area contributed by atoms with E-state index in [2.05, 4.69) is 44.3 Å². The van der Waals surface area contributed by atoms with Crippen molar-refractivity contribution in [1.29, 1.82) is 0 Å². The molecule has 0 N–H and O–H groups in total. The molecule has 4 aromatic carbocycles. The highest BCUT2D eigenvalue weighted by Gasteiger charge is 2.26. The van der Waals surface area contributed by atoms with Crippen molar-refractivity contribution in [3.05, 3.63) is 110 Å². The molecule has 0 amide bonds. The summed E-state index contributed by atoms with van der Waals surface area (Å²) in [5.74, 6) is 2.41. The molecule has 0 aliphatic heterocycles. The number of hydrogen-bond donors (Lipinski definition) is 0. The highest BCUT2D eigenvalue weighted by Crippen LogP contribution is 2.43. The van der Waals surface area contributed by atoms with Crippen molar-refractivity contribution in [2.45, 2.75) is 30.9 Å². The monoisotopic (exact) mass is 648 g/mol. The number of thioether (sulfide) groups is 1. The van der Waals surface area contributed by atoms with Gasteiger partial charge in [-0.15, -0.1) is 10.2 Å². The van der Waals surface area contributed by atoms with Gasteiger partial charge in [-0.2, -0.15) is 0 Å². The number of aromatic nitrogens is 3. The lowest BCUT2D eigenvalue weighted by Gasteiger charge is -2.18. The van der Waals surface area contributed by atoms with E-state index in [1.807, 2.05) is 73.0 Å². The Morgan fingerprint density at radius 2 is 1.79 bits per heavy atom. The molecule has 0 unspecified atom stereocenters. The Morgan fingerprint density at radius 3 is 2.52 bits per heavy atom. The minimum atomic E-state index is -0.581. The van der Waals surface area contributed by atoms with Gasteiger partial charge in [-0.25, -0.2) is 0 Å². The molecule has 9 nitrogen and oxygen atoms in total. The first kappa shape index (κ1) is 29.4. The van der Waals surface area contributed by atoms with E-state index in [1.165, 1.54) is 11.8 Å². The fourth-order valence-corrected chi connectivity index (χ4v) is 6.41. The number of hydrogen-bond acceptors (Lipinski definition) is 8. The molecule has 0 spiro atoms. The summed E-state index contributed by atoms with van der Waals surface area (Å²) in [6.07, 6.45) is 0. The van der Waals surface area contributed by atoms with Crippen LogP contribution < -0.4 is 14.2 Å². The van der Waals surface area contributed by atoms with Gasteiger partial charge < -0.3 is 14.2 Å². The quantitative estimate of drug-likeness (QED) is 0.0775. The topological polar surface area (TPSA) is 102 Å². The number of fused-ring (bicyclic) bond motifs is 1. The molecule has 5 rings (SSSR count). The van der Waals surface area contributed by atoms with Crippen molar-refractivity contribution >= 4 is 38.5 Å². The Morgan fingerprint density at radius 1 is 1.02 bits per heavy atom. The van der Waals surface area contributed by atoms with Gasteiger partial charge in [-0.3, -0.25) is 14.7 Å². The van der Waals surface area contributed by atoms with Crippen LogP contribution in [-0.4, -0.2) is 39.9 Å². The number of nitrogens with zero attached hydrogens (tertiary/aromatic N) is 4. The lowest BCUT2D eigenvalue weighted by atomic mass is 10.1. The molecule has 0 saturated carbocycles. The number of methoxy groups -OCH3 is 1. The maximum Gasteiger partial charge on any atom is 0.220 e. The maximum atomic E-state index is 11.8. The second-order valence-electron chi connectivity index (χ2n) is 9.37. The summed E-state index contributed by atoms with van der Waals surface area (Å²) in [5.41, 5.74) is 2.56. The van der Waals surface area contributed by atoms with Crippen molar-refractivity contribution in [2.75, 3.05) is 20.3 Å². The van der Waals surface area contributed by atoms with Crippen LogP contribution in [-0.2, 0) is 6.61 Å². The third-order valence-electron chi connectivity index (χ3n) is 6.64. The molecule has 42 heavy (non-hydrogen) atoms. The van der Waals surface area contributed by atoms with E-state index in [9.17, 15) is 10.1 Å². The lowest BCUT2D eigenvalue weighted by Crippen LogP contribution is -2.12. The molecule has 5 aromatic rings. The van der Waals surface area contributed by atoms with E-state index in [1.54, 1.807) is 13.2 Å². The summed E-state index contributed by atoms with van der Waals surface area (Å²) < 4.78 is 20.0. The van der Waals surface area contributed by atoms with Gasteiger partial charge in [0.25, 0.3) is 0 Å². The summed E-state index contributed by atoms with van der Waals surface area (Å²) in [6.45, 7) is 4.34. The zero-order chi connectivity index (χ0) is 29.6.